The first kappa shape index (κ1) is 11.5. The Bertz CT molecular complexity index is 532. The van der Waals surface area contributed by atoms with Crippen LogP contribution in [0.1, 0.15) is 5.56 Å². The van der Waals surface area contributed by atoms with E-state index in [-0.39, 0.29) is 0 Å². The normalized spacial score (nSPS) is 17.2. The van der Waals surface area contributed by atoms with Gasteiger partial charge in [-0.15, -0.1) is 0 Å². The lowest BCUT2D eigenvalue weighted by atomic mass is 9.86. The van der Waals surface area contributed by atoms with Crippen LogP contribution in [0.2, 0.25) is 0 Å². The summed E-state index contributed by atoms with van der Waals surface area (Å²) in [6, 6.07) is 18.7. The van der Waals surface area contributed by atoms with Crippen molar-refractivity contribution in [2.75, 3.05) is 13.1 Å². The van der Waals surface area contributed by atoms with Gasteiger partial charge in [0, 0.05) is 19.5 Å². The molecule has 2 heteroatoms. The van der Waals surface area contributed by atoms with E-state index in [1.54, 1.807) is 0 Å². The van der Waals surface area contributed by atoms with E-state index in [4.69, 9.17) is 0 Å². The maximum atomic E-state index is 10.3. The van der Waals surface area contributed by atoms with Crippen molar-refractivity contribution in [3.8, 4) is 11.1 Å². The summed E-state index contributed by atoms with van der Waals surface area (Å²) in [5.41, 5.74) is 3.08. The Labute approximate surface area is 107 Å². The predicted molar refractivity (Wildman–Crippen MR) is 73.4 cm³/mol. The molecule has 0 amide bonds. The van der Waals surface area contributed by atoms with Crippen LogP contribution in [-0.2, 0) is 6.42 Å². The van der Waals surface area contributed by atoms with Gasteiger partial charge in [-0.05, 0) is 16.7 Å². The minimum Gasteiger partial charge on any atom is -0.387 e. The number of benzene rings is 2. The van der Waals surface area contributed by atoms with Crippen LogP contribution in [0.3, 0.4) is 0 Å². The molecule has 2 nitrogen and oxygen atoms in total. The first-order valence-corrected chi connectivity index (χ1v) is 6.33. The van der Waals surface area contributed by atoms with Crippen LogP contribution in [-0.4, -0.2) is 23.8 Å². The Morgan fingerprint density at radius 2 is 1.61 bits per heavy atom. The summed E-state index contributed by atoms with van der Waals surface area (Å²) < 4.78 is 0. The van der Waals surface area contributed by atoms with Crippen molar-refractivity contribution in [1.29, 1.82) is 0 Å². The molecule has 3 rings (SSSR count). The lowest BCUT2D eigenvalue weighted by Crippen LogP contribution is -2.60. The molecule has 1 saturated heterocycles. The third-order valence-corrected chi connectivity index (χ3v) is 3.53. The number of hydrogen-bond donors (Lipinski definition) is 2. The highest BCUT2D eigenvalue weighted by atomic mass is 16.3. The summed E-state index contributed by atoms with van der Waals surface area (Å²) in [5.74, 6) is 0. The minimum absolute atomic E-state index is 0.565. The van der Waals surface area contributed by atoms with Gasteiger partial charge in [0.15, 0.2) is 0 Å². The van der Waals surface area contributed by atoms with Gasteiger partial charge in [0.25, 0.3) is 0 Å². The summed E-state index contributed by atoms with van der Waals surface area (Å²) >= 11 is 0. The SMILES string of the molecule is OC1(Cc2ccccc2-c2ccccc2)CNC1. The standard InChI is InChI=1S/C16H17NO/c18-16(11-17-12-16)10-14-8-4-5-9-15(14)13-6-2-1-3-7-13/h1-9,17-18H,10-12H2. The fourth-order valence-electron chi connectivity index (χ4n) is 2.47. The van der Waals surface area contributed by atoms with E-state index in [1.165, 1.54) is 16.7 Å². The molecule has 0 saturated carbocycles. The average Bonchev–Trinajstić information content (AvgIpc) is 2.39. The maximum absolute atomic E-state index is 10.3. The second-order valence-electron chi connectivity index (χ2n) is 5.03. The molecule has 1 fully saturated rings. The van der Waals surface area contributed by atoms with E-state index in [2.05, 4.69) is 35.6 Å². The maximum Gasteiger partial charge on any atom is 0.0935 e. The van der Waals surface area contributed by atoms with Gasteiger partial charge in [-0.25, -0.2) is 0 Å². The van der Waals surface area contributed by atoms with Crippen LogP contribution in [0.5, 0.6) is 0 Å². The fraction of sp³-hybridized carbons (Fsp3) is 0.250. The van der Waals surface area contributed by atoms with E-state index in [1.807, 2.05) is 24.3 Å². The monoisotopic (exact) mass is 239 g/mol. The van der Waals surface area contributed by atoms with Gasteiger partial charge >= 0.3 is 0 Å². The molecule has 1 aliphatic rings. The van der Waals surface area contributed by atoms with E-state index in [0.29, 0.717) is 19.5 Å². The Balaban J connectivity index is 1.95. The molecule has 0 aromatic heterocycles. The smallest absolute Gasteiger partial charge is 0.0935 e. The fourth-order valence-corrected chi connectivity index (χ4v) is 2.47. The Morgan fingerprint density at radius 1 is 0.944 bits per heavy atom. The van der Waals surface area contributed by atoms with E-state index in [9.17, 15) is 5.11 Å². The third-order valence-electron chi connectivity index (χ3n) is 3.53. The molecule has 0 radical (unpaired) electrons. The van der Waals surface area contributed by atoms with Gasteiger partial charge in [-0.1, -0.05) is 54.6 Å². The molecule has 1 aliphatic heterocycles. The van der Waals surface area contributed by atoms with Crippen molar-refractivity contribution in [1.82, 2.24) is 5.32 Å². The summed E-state index contributed by atoms with van der Waals surface area (Å²) in [7, 11) is 0. The molecule has 0 atom stereocenters. The second kappa shape index (κ2) is 4.56. The molecule has 18 heavy (non-hydrogen) atoms. The third kappa shape index (κ3) is 2.17. The number of β-amino-alcohol motifs (C(OH)–C–C–N with tert-alkyl or cyclic N) is 1. The topological polar surface area (TPSA) is 32.3 Å². The summed E-state index contributed by atoms with van der Waals surface area (Å²) in [6.45, 7) is 1.38. The zero-order chi connectivity index (χ0) is 12.4. The minimum atomic E-state index is -0.565. The zero-order valence-corrected chi connectivity index (χ0v) is 10.3. The van der Waals surface area contributed by atoms with Gasteiger partial charge in [0.05, 0.1) is 5.60 Å². The largest absolute Gasteiger partial charge is 0.387 e. The van der Waals surface area contributed by atoms with Gasteiger partial charge in [-0.3, -0.25) is 0 Å². The van der Waals surface area contributed by atoms with E-state index >= 15 is 0 Å². The summed E-state index contributed by atoms with van der Waals surface area (Å²) in [4.78, 5) is 0. The first-order chi connectivity index (χ1) is 8.77. The van der Waals surface area contributed by atoms with Crippen LogP contribution in [0.15, 0.2) is 54.6 Å². The highest BCUT2D eigenvalue weighted by Crippen LogP contribution is 2.27. The number of nitrogens with one attached hydrogen (secondary N) is 1. The van der Waals surface area contributed by atoms with Gasteiger partial charge in [0.1, 0.15) is 0 Å². The van der Waals surface area contributed by atoms with Crippen molar-refractivity contribution in [2.24, 2.45) is 0 Å². The molecule has 0 bridgehead atoms. The molecular weight excluding hydrogens is 222 g/mol. The Kier molecular flexibility index (Phi) is 2.90. The lowest BCUT2D eigenvalue weighted by molar-refractivity contribution is -0.00891. The molecule has 92 valence electrons. The van der Waals surface area contributed by atoms with Crippen molar-refractivity contribution >= 4 is 0 Å². The van der Waals surface area contributed by atoms with E-state index in [0.717, 1.165) is 0 Å². The molecule has 2 N–H and O–H groups in total. The van der Waals surface area contributed by atoms with Crippen LogP contribution in [0.4, 0.5) is 0 Å². The lowest BCUT2D eigenvalue weighted by Gasteiger charge is -2.38. The van der Waals surface area contributed by atoms with Crippen molar-refractivity contribution < 1.29 is 5.11 Å². The summed E-state index contributed by atoms with van der Waals surface area (Å²) in [6.07, 6.45) is 0.713. The molecule has 2 aromatic carbocycles. The predicted octanol–water partition coefficient (Wildman–Crippen LogP) is 2.23. The molecule has 0 aliphatic carbocycles. The van der Waals surface area contributed by atoms with Crippen LogP contribution in [0.25, 0.3) is 11.1 Å². The average molecular weight is 239 g/mol. The summed E-state index contributed by atoms with van der Waals surface area (Å²) in [5, 5.41) is 13.4. The molecule has 1 heterocycles. The molecule has 2 aromatic rings. The van der Waals surface area contributed by atoms with Crippen molar-refractivity contribution in [3.63, 3.8) is 0 Å². The number of aliphatic hydroxyl groups is 1. The van der Waals surface area contributed by atoms with Gasteiger partial charge in [0.2, 0.25) is 0 Å². The highest BCUT2D eigenvalue weighted by Gasteiger charge is 2.34. The highest BCUT2D eigenvalue weighted by molar-refractivity contribution is 5.67. The van der Waals surface area contributed by atoms with Gasteiger partial charge < -0.3 is 10.4 Å². The van der Waals surface area contributed by atoms with Crippen molar-refractivity contribution in [2.45, 2.75) is 12.0 Å². The first-order valence-electron chi connectivity index (χ1n) is 6.33. The molecular formula is C16H17NO. The van der Waals surface area contributed by atoms with E-state index < -0.39 is 5.60 Å². The second-order valence-corrected chi connectivity index (χ2v) is 5.03. The van der Waals surface area contributed by atoms with Crippen LogP contribution < -0.4 is 5.32 Å². The van der Waals surface area contributed by atoms with Crippen LogP contribution >= 0.6 is 0 Å². The number of hydrogen-bond acceptors (Lipinski definition) is 2. The Morgan fingerprint density at radius 3 is 2.28 bits per heavy atom. The molecule has 0 spiro atoms. The van der Waals surface area contributed by atoms with Crippen LogP contribution in [0, 0.1) is 0 Å². The zero-order valence-electron chi connectivity index (χ0n) is 10.3. The Hall–Kier alpha value is -1.64. The quantitative estimate of drug-likeness (QED) is 0.861. The number of rotatable bonds is 3. The van der Waals surface area contributed by atoms with Gasteiger partial charge in [-0.2, -0.15) is 0 Å². The molecule has 0 unspecified atom stereocenters. The van der Waals surface area contributed by atoms with Crippen molar-refractivity contribution in [3.05, 3.63) is 60.2 Å².